The number of carbonyl (C=O) groups is 2. The van der Waals surface area contributed by atoms with Crippen molar-refractivity contribution in [1.82, 2.24) is 0 Å². The van der Waals surface area contributed by atoms with Gasteiger partial charge in [0.1, 0.15) is 11.5 Å². The van der Waals surface area contributed by atoms with E-state index in [0.717, 1.165) is 10.6 Å². The van der Waals surface area contributed by atoms with Gasteiger partial charge < -0.3 is 9.84 Å². The number of Topliss-reactive ketones (excluding diaryl/α,β-unsaturated/α-hetero) is 1. The molecule has 112 valence electrons. The van der Waals surface area contributed by atoms with Crippen molar-refractivity contribution in [3.63, 3.8) is 0 Å². The summed E-state index contributed by atoms with van der Waals surface area (Å²) in [5.74, 6) is -0.481. The van der Waals surface area contributed by atoms with E-state index in [1.807, 2.05) is 31.2 Å². The summed E-state index contributed by atoms with van der Waals surface area (Å²) in [6.45, 7) is 1.92. The number of ketones is 1. The number of hydrogen-bond acceptors (Lipinski definition) is 4. The van der Waals surface area contributed by atoms with Gasteiger partial charge in [0.15, 0.2) is 0 Å². The van der Waals surface area contributed by atoms with E-state index in [1.165, 1.54) is 0 Å². The van der Waals surface area contributed by atoms with Gasteiger partial charge in [-0.1, -0.05) is 19.1 Å². The molecule has 0 radical (unpaired) electrons. The highest BCUT2D eigenvalue weighted by molar-refractivity contribution is 8.00. The van der Waals surface area contributed by atoms with Gasteiger partial charge in [0.2, 0.25) is 0 Å². The number of fused-ring (bicyclic) bond motifs is 1. The lowest BCUT2D eigenvalue weighted by molar-refractivity contribution is -0.142. The predicted molar refractivity (Wildman–Crippen MR) is 79.6 cm³/mol. The fraction of sp³-hybridized carbons (Fsp3) is 0.500. The monoisotopic (exact) mass is 306 g/mol. The van der Waals surface area contributed by atoms with E-state index in [4.69, 9.17) is 4.74 Å². The minimum Gasteiger partial charge on any atom is -0.496 e. The van der Waals surface area contributed by atoms with Crippen LogP contribution in [0.4, 0.5) is 0 Å². The van der Waals surface area contributed by atoms with E-state index in [0.29, 0.717) is 12.8 Å². The molecule has 0 spiro atoms. The van der Waals surface area contributed by atoms with Crippen LogP contribution in [0.5, 0.6) is 5.75 Å². The maximum atomic E-state index is 12.3. The fourth-order valence-corrected chi connectivity index (χ4v) is 5.43. The van der Waals surface area contributed by atoms with E-state index in [1.54, 1.807) is 18.9 Å². The maximum Gasteiger partial charge on any atom is 0.307 e. The number of carboxylic acid groups (broad SMARTS) is 1. The van der Waals surface area contributed by atoms with Crippen LogP contribution in [0.15, 0.2) is 29.2 Å². The summed E-state index contributed by atoms with van der Waals surface area (Å²) >= 11 is 1.58. The van der Waals surface area contributed by atoms with Crippen molar-refractivity contribution in [3.8, 4) is 5.75 Å². The summed E-state index contributed by atoms with van der Waals surface area (Å²) in [4.78, 5) is 24.7. The Hall–Kier alpha value is -1.49. The number of carbonyl (C=O) groups excluding carboxylic acids is 1. The molecule has 0 heterocycles. The summed E-state index contributed by atoms with van der Waals surface area (Å²) in [5.41, 5.74) is -0.606. The van der Waals surface area contributed by atoms with Crippen molar-refractivity contribution in [3.05, 3.63) is 24.3 Å². The van der Waals surface area contributed by atoms with Gasteiger partial charge >= 0.3 is 5.97 Å². The zero-order valence-electron chi connectivity index (χ0n) is 12.0. The average Bonchev–Trinajstić information content (AvgIpc) is 3.10. The Morgan fingerprint density at radius 2 is 2.19 bits per heavy atom. The molecule has 1 N–H and O–H groups in total. The first-order valence-electron chi connectivity index (χ1n) is 7.12. The van der Waals surface area contributed by atoms with Crippen molar-refractivity contribution in [2.24, 2.45) is 17.3 Å². The topological polar surface area (TPSA) is 63.6 Å². The van der Waals surface area contributed by atoms with Crippen LogP contribution < -0.4 is 4.74 Å². The molecule has 21 heavy (non-hydrogen) atoms. The molecule has 2 saturated carbocycles. The van der Waals surface area contributed by atoms with Crippen LogP contribution in [0.1, 0.15) is 19.8 Å². The minimum absolute atomic E-state index is 0.0369. The highest BCUT2D eigenvalue weighted by atomic mass is 32.2. The van der Waals surface area contributed by atoms with Gasteiger partial charge in [0.25, 0.3) is 0 Å². The molecule has 4 unspecified atom stereocenters. The Morgan fingerprint density at radius 3 is 2.76 bits per heavy atom. The number of thioether (sulfide) groups is 1. The Bertz CT molecular complexity index is 600. The Balaban J connectivity index is 1.85. The SMILES string of the molecule is CCC12C(=O)CC(Sc3ccccc3OC)C1C2C(=O)O. The lowest BCUT2D eigenvalue weighted by Crippen LogP contribution is -2.20. The van der Waals surface area contributed by atoms with Crippen LogP contribution >= 0.6 is 11.8 Å². The largest absolute Gasteiger partial charge is 0.496 e. The number of benzene rings is 1. The van der Waals surface area contributed by atoms with Gasteiger partial charge in [0.05, 0.1) is 13.0 Å². The fourth-order valence-electron chi connectivity index (χ4n) is 3.90. The van der Waals surface area contributed by atoms with Crippen molar-refractivity contribution in [1.29, 1.82) is 0 Å². The van der Waals surface area contributed by atoms with E-state index < -0.39 is 17.3 Å². The number of para-hydroxylation sites is 1. The number of hydrogen-bond donors (Lipinski definition) is 1. The third kappa shape index (κ3) is 1.98. The summed E-state index contributed by atoms with van der Waals surface area (Å²) in [7, 11) is 1.62. The van der Waals surface area contributed by atoms with Gasteiger partial charge in [0, 0.05) is 22.0 Å². The van der Waals surface area contributed by atoms with Crippen LogP contribution in [-0.4, -0.2) is 29.2 Å². The minimum atomic E-state index is -0.833. The number of ether oxygens (including phenoxy) is 1. The van der Waals surface area contributed by atoms with Crippen LogP contribution in [-0.2, 0) is 9.59 Å². The molecule has 2 aliphatic rings. The van der Waals surface area contributed by atoms with E-state index in [2.05, 4.69) is 0 Å². The van der Waals surface area contributed by atoms with Crippen LogP contribution in [0.25, 0.3) is 0 Å². The third-order valence-corrected chi connectivity index (χ3v) is 6.26. The van der Waals surface area contributed by atoms with E-state index >= 15 is 0 Å². The summed E-state index contributed by atoms with van der Waals surface area (Å²) < 4.78 is 5.33. The number of carboxylic acids is 1. The molecule has 4 nitrogen and oxygen atoms in total. The molecule has 0 saturated heterocycles. The molecule has 3 rings (SSSR count). The van der Waals surface area contributed by atoms with Gasteiger partial charge in [-0.05, 0) is 24.5 Å². The molecule has 4 atom stereocenters. The molecular formula is C16H18O4S. The molecule has 0 amide bonds. The van der Waals surface area contributed by atoms with Crippen molar-refractivity contribution in [2.45, 2.75) is 29.9 Å². The van der Waals surface area contributed by atoms with Crippen molar-refractivity contribution < 1.29 is 19.4 Å². The lowest BCUT2D eigenvalue weighted by atomic mass is 9.95. The molecule has 1 aromatic carbocycles. The second kappa shape index (κ2) is 5.05. The van der Waals surface area contributed by atoms with Gasteiger partial charge in [-0.25, -0.2) is 0 Å². The standard InChI is InChI=1S/C16H18O4S/c1-3-16-12(17)8-11(13(16)14(16)15(18)19)21-10-7-5-4-6-9(10)20-2/h4-7,11,13-14H,3,8H2,1-2H3,(H,18,19). The third-order valence-electron chi connectivity index (χ3n) is 4.90. The molecule has 0 aromatic heterocycles. The van der Waals surface area contributed by atoms with Crippen molar-refractivity contribution >= 4 is 23.5 Å². The van der Waals surface area contributed by atoms with Crippen LogP contribution in [0.3, 0.4) is 0 Å². The summed E-state index contributed by atoms with van der Waals surface area (Å²) in [6, 6.07) is 7.66. The normalized spacial score (nSPS) is 33.6. The molecule has 5 heteroatoms. The van der Waals surface area contributed by atoms with Gasteiger partial charge in [-0.3, -0.25) is 9.59 Å². The summed E-state index contributed by atoms with van der Waals surface area (Å²) in [5, 5.41) is 9.41. The molecule has 1 aromatic rings. The zero-order chi connectivity index (χ0) is 15.2. The number of aliphatic carboxylic acids is 1. The van der Waals surface area contributed by atoms with Crippen LogP contribution in [0, 0.1) is 17.3 Å². The maximum absolute atomic E-state index is 12.3. The Morgan fingerprint density at radius 1 is 1.48 bits per heavy atom. The van der Waals surface area contributed by atoms with Gasteiger partial charge in [-0.2, -0.15) is 0 Å². The van der Waals surface area contributed by atoms with Crippen molar-refractivity contribution in [2.75, 3.05) is 7.11 Å². The molecule has 0 bridgehead atoms. The molecular weight excluding hydrogens is 288 g/mol. The predicted octanol–water partition coefficient (Wildman–Crippen LogP) is 2.86. The quantitative estimate of drug-likeness (QED) is 0.906. The number of rotatable bonds is 5. The van der Waals surface area contributed by atoms with Gasteiger partial charge in [-0.15, -0.1) is 11.8 Å². The first-order chi connectivity index (χ1) is 10.1. The number of methoxy groups -OCH3 is 1. The first kappa shape index (κ1) is 14.4. The Kier molecular flexibility index (Phi) is 3.48. The summed E-state index contributed by atoms with van der Waals surface area (Å²) in [6.07, 6.45) is 1.08. The molecule has 2 fully saturated rings. The molecule has 0 aliphatic heterocycles. The smallest absolute Gasteiger partial charge is 0.307 e. The van der Waals surface area contributed by atoms with E-state index in [9.17, 15) is 14.7 Å². The zero-order valence-corrected chi connectivity index (χ0v) is 12.9. The first-order valence-corrected chi connectivity index (χ1v) is 8.00. The van der Waals surface area contributed by atoms with E-state index in [-0.39, 0.29) is 17.0 Å². The second-order valence-corrected chi connectivity index (χ2v) is 6.95. The Labute approximate surface area is 127 Å². The highest BCUT2D eigenvalue weighted by Crippen LogP contribution is 2.71. The second-order valence-electron chi connectivity index (χ2n) is 5.67. The highest BCUT2D eigenvalue weighted by Gasteiger charge is 2.77. The lowest BCUT2D eigenvalue weighted by Gasteiger charge is -2.14. The van der Waals surface area contributed by atoms with Crippen LogP contribution in [0.2, 0.25) is 0 Å². The molecule has 2 aliphatic carbocycles. The average molecular weight is 306 g/mol.